The fraction of sp³-hybridized carbons (Fsp3) is 0.278. The van der Waals surface area contributed by atoms with Gasteiger partial charge in [0.05, 0.1) is 0 Å². The maximum atomic E-state index is 13.0. The summed E-state index contributed by atoms with van der Waals surface area (Å²) in [7, 11) is 1.52. The molecule has 2 aromatic heterocycles. The zero-order valence-corrected chi connectivity index (χ0v) is 14.9. The van der Waals surface area contributed by atoms with Gasteiger partial charge in [-0.25, -0.2) is 0 Å². The number of pyridine rings is 1. The average molecular weight is 395 g/mol. The molecule has 3 rings (SSSR count). The molecule has 28 heavy (non-hydrogen) atoms. The van der Waals surface area contributed by atoms with Gasteiger partial charge in [0, 0.05) is 19.5 Å². The molecule has 0 N–H and O–H groups in total. The first-order valence-corrected chi connectivity index (χ1v) is 8.14. The number of hydrogen-bond donors (Lipinski definition) is 0. The fourth-order valence-corrected chi connectivity index (χ4v) is 2.27. The molecule has 10 heteroatoms. The van der Waals surface area contributed by atoms with E-state index in [1.807, 2.05) is 0 Å². The third-order valence-electron chi connectivity index (χ3n) is 3.56. The highest BCUT2D eigenvalue weighted by Crippen LogP contribution is 2.37. The molecule has 0 saturated carbocycles. The molecule has 2 heterocycles. The lowest BCUT2D eigenvalue weighted by molar-refractivity contribution is -0.138. The van der Waals surface area contributed by atoms with Crippen molar-refractivity contribution in [2.75, 3.05) is 7.11 Å². The lowest BCUT2D eigenvalue weighted by atomic mass is 10.2. The summed E-state index contributed by atoms with van der Waals surface area (Å²) in [5, 5.41) is 3.75. The summed E-state index contributed by atoms with van der Waals surface area (Å²) in [4.78, 5) is 7.63. The first-order valence-electron chi connectivity index (χ1n) is 8.14. The van der Waals surface area contributed by atoms with Gasteiger partial charge < -0.3 is 18.7 Å². The molecular formula is C18H16F3N3O4. The molecule has 1 unspecified atom stereocenters. The van der Waals surface area contributed by atoms with Gasteiger partial charge in [-0.05, 0) is 37.3 Å². The van der Waals surface area contributed by atoms with Gasteiger partial charge in [0.2, 0.25) is 0 Å². The molecule has 1 atom stereocenters. The number of rotatable bonds is 7. The molecule has 0 aliphatic heterocycles. The molecule has 7 nitrogen and oxygen atoms in total. The van der Waals surface area contributed by atoms with Crippen molar-refractivity contribution in [2.24, 2.45) is 0 Å². The maximum Gasteiger partial charge on any atom is 0.421 e. The summed E-state index contributed by atoms with van der Waals surface area (Å²) in [5.41, 5.74) is -0.952. The van der Waals surface area contributed by atoms with E-state index >= 15 is 0 Å². The van der Waals surface area contributed by atoms with E-state index in [2.05, 4.69) is 15.1 Å². The minimum Gasteiger partial charge on any atom is -0.481 e. The van der Waals surface area contributed by atoms with Crippen LogP contribution in [0.3, 0.4) is 0 Å². The second-order valence-corrected chi connectivity index (χ2v) is 5.68. The highest BCUT2D eigenvalue weighted by atomic mass is 19.4. The van der Waals surface area contributed by atoms with Crippen LogP contribution in [-0.2, 0) is 17.5 Å². The summed E-state index contributed by atoms with van der Waals surface area (Å²) in [6.07, 6.45) is -3.14. The third-order valence-corrected chi connectivity index (χ3v) is 3.56. The van der Waals surface area contributed by atoms with Crippen LogP contribution in [0.5, 0.6) is 17.2 Å². The van der Waals surface area contributed by atoms with E-state index in [1.54, 1.807) is 19.1 Å². The summed E-state index contributed by atoms with van der Waals surface area (Å²) in [6.45, 7) is 1.94. The molecule has 0 spiro atoms. The van der Waals surface area contributed by atoms with Crippen LogP contribution in [0.15, 0.2) is 47.2 Å². The highest BCUT2D eigenvalue weighted by molar-refractivity contribution is 5.39. The molecule has 148 valence electrons. The molecule has 0 saturated heterocycles. The monoisotopic (exact) mass is 395 g/mol. The Kier molecular flexibility index (Phi) is 5.78. The Bertz CT molecular complexity index is 913. The molecular weight excluding hydrogens is 379 g/mol. The van der Waals surface area contributed by atoms with Gasteiger partial charge in [-0.3, -0.25) is 4.98 Å². The van der Waals surface area contributed by atoms with Crippen molar-refractivity contribution in [3.05, 3.63) is 60.0 Å². The first-order chi connectivity index (χ1) is 13.4. The molecule has 0 fully saturated rings. The van der Waals surface area contributed by atoms with E-state index < -0.39 is 17.8 Å². The quantitative estimate of drug-likeness (QED) is 0.580. The van der Waals surface area contributed by atoms with Crippen LogP contribution >= 0.6 is 0 Å². The second-order valence-electron chi connectivity index (χ2n) is 5.68. The van der Waals surface area contributed by atoms with Crippen LogP contribution in [0.1, 0.15) is 30.3 Å². The molecule has 0 bridgehead atoms. The number of benzene rings is 1. The smallest absolute Gasteiger partial charge is 0.421 e. The summed E-state index contributed by atoms with van der Waals surface area (Å²) in [5.74, 6) is 1.02. The van der Waals surface area contributed by atoms with Crippen molar-refractivity contribution in [3.8, 4) is 17.2 Å². The van der Waals surface area contributed by atoms with Crippen LogP contribution in [0.2, 0.25) is 0 Å². The third kappa shape index (κ3) is 4.77. The zero-order valence-electron chi connectivity index (χ0n) is 14.9. The lowest BCUT2D eigenvalue weighted by Gasteiger charge is -2.14. The number of methoxy groups -OCH3 is 1. The van der Waals surface area contributed by atoms with E-state index in [4.69, 9.17) is 18.7 Å². The number of hydrogen-bond acceptors (Lipinski definition) is 7. The van der Waals surface area contributed by atoms with Crippen LogP contribution in [0, 0.1) is 0 Å². The van der Waals surface area contributed by atoms with Crippen LogP contribution in [0.25, 0.3) is 0 Å². The Balaban J connectivity index is 1.67. The summed E-state index contributed by atoms with van der Waals surface area (Å²) < 4.78 is 60.1. The molecule has 0 aliphatic carbocycles. The largest absolute Gasteiger partial charge is 0.481 e. The number of ether oxygens (including phenoxy) is 3. The molecule has 1 aromatic carbocycles. The van der Waals surface area contributed by atoms with E-state index in [9.17, 15) is 13.2 Å². The Morgan fingerprint density at radius 2 is 1.82 bits per heavy atom. The first kappa shape index (κ1) is 19.6. The fourth-order valence-electron chi connectivity index (χ4n) is 2.27. The van der Waals surface area contributed by atoms with Gasteiger partial charge in [-0.1, -0.05) is 5.16 Å². The van der Waals surface area contributed by atoms with Crippen LogP contribution in [-0.4, -0.2) is 22.2 Å². The number of alkyl halides is 3. The molecule has 0 radical (unpaired) electrons. The van der Waals surface area contributed by atoms with Crippen LogP contribution in [0.4, 0.5) is 13.2 Å². The topological polar surface area (TPSA) is 79.5 Å². The van der Waals surface area contributed by atoms with Gasteiger partial charge in [0.15, 0.2) is 11.9 Å². The van der Waals surface area contributed by atoms with Crippen molar-refractivity contribution in [1.82, 2.24) is 15.1 Å². The summed E-state index contributed by atoms with van der Waals surface area (Å²) >= 11 is 0. The van der Waals surface area contributed by atoms with Gasteiger partial charge in [-0.15, -0.1) is 0 Å². The van der Waals surface area contributed by atoms with Gasteiger partial charge in [-0.2, -0.15) is 18.2 Å². The Hall–Kier alpha value is -3.14. The van der Waals surface area contributed by atoms with Gasteiger partial charge in [0.1, 0.15) is 29.4 Å². The normalized spacial score (nSPS) is 12.6. The molecule has 0 amide bonds. The van der Waals surface area contributed by atoms with Gasteiger partial charge >= 0.3 is 6.18 Å². The van der Waals surface area contributed by atoms with Crippen molar-refractivity contribution in [2.45, 2.75) is 25.8 Å². The van der Waals surface area contributed by atoms with Crippen molar-refractivity contribution < 1.29 is 31.9 Å². The SMILES string of the molecule is COCc1noc(C(C)Oc2ccc(Oc3ccncc3C(F)(F)F)cc2)n1. The zero-order chi connectivity index (χ0) is 20.1. The lowest BCUT2D eigenvalue weighted by Crippen LogP contribution is -2.07. The van der Waals surface area contributed by atoms with Crippen molar-refractivity contribution >= 4 is 0 Å². The van der Waals surface area contributed by atoms with Crippen LogP contribution < -0.4 is 9.47 Å². The van der Waals surface area contributed by atoms with Gasteiger partial charge in [0.25, 0.3) is 5.89 Å². The predicted molar refractivity (Wildman–Crippen MR) is 89.8 cm³/mol. The number of halogens is 3. The van der Waals surface area contributed by atoms with E-state index in [-0.39, 0.29) is 24.0 Å². The standard InChI is InChI=1S/C18H16F3N3O4/c1-11(17-23-16(10-25-2)24-28-17)26-12-3-5-13(6-4-12)27-15-7-8-22-9-14(15)18(19,20)21/h3-9,11H,10H2,1-2H3. The van der Waals surface area contributed by atoms with E-state index in [0.29, 0.717) is 11.6 Å². The summed E-state index contributed by atoms with van der Waals surface area (Å²) in [6, 6.07) is 7.27. The Morgan fingerprint density at radius 1 is 1.11 bits per heavy atom. The minimum absolute atomic E-state index is 0.219. The maximum absolute atomic E-state index is 13.0. The van der Waals surface area contributed by atoms with Crippen molar-refractivity contribution in [1.29, 1.82) is 0 Å². The van der Waals surface area contributed by atoms with E-state index in [0.717, 1.165) is 12.3 Å². The highest BCUT2D eigenvalue weighted by Gasteiger charge is 2.34. The second kappa shape index (κ2) is 8.26. The predicted octanol–water partition coefficient (Wildman–Crippen LogP) is 4.56. The molecule has 0 aliphatic rings. The van der Waals surface area contributed by atoms with Crippen molar-refractivity contribution in [3.63, 3.8) is 0 Å². The average Bonchev–Trinajstić information content (AvgIpc) is 3.12. The number of nitrogens with zero attached hydrogens (tertiary/aromatic N) is 3. The Labute approximate surface area is 158 Å². The van der Waals surface area contributed by atoms with E-state index in [1.165, 1.54) is 25.4 Å². The minimum atomic E-state index is -4.56. The number of aromatic nitrogens is 3. The molecule has 3 aromatic rings. The Morgan fingerprint density at radius 3 is 2.50 bits per heavy atom.